The van der Waals surface area contributed by atoms with Crippen molar-refractivity contribution in [2.45, 2.75) is 24.3 Å². The zero-order valence-corrected chi connectivity index (χ0v) is 15.6. The molecule has 1 amide bonds. The van der Waals surface area contributed by atoms with E-state index in [2.05, 4.69) is 15.4 Å². The first-order valence-corrected chi connectivity index (χ1v) is 9.59. The number of hydrogen-bond donors (Lipinski definition) is 1. The van der Waals surface area contributed by atoms with Crippen LogP contribution in [0.5, 0.6) is 0 Å². The largest absolute Gasteiger partial charge is 0.376 e. The molecule has 3 aromatic heterocycles. The third-order valence-corrected chi connectivity index (χ3v) is 5.32. The molecule has 0 radical (unpaired) electrons. The molecule has 4 rings (SSSR count). The van der Waals surface area contributed by atoms with Crippen molar-refractivity contribution in [3.63, 3.8) is 0 Å². The van der Waals surface area contributed by atoms with Gasteiger partial charge >= 0.3 is 5.38 Å². The second kappa shape index (κ2) is 7.14. The molecule has 142 valence electrons. The Bertz CT molecular complexity index is 965. The highest BCUT2D eigenvalue weighted by molar-refractivity contribution is 7.13. The van der Waals surface area contributed by atoms with E-state index in [4.69, 9.17) is 16.3 Å². The topological polar surface area (TPSA) is 68.5 Å². The van der Waals surface area contributed by atoms with Gasteiger partial charge in [0.1, 0.15) is 5.69 Å². The van der Waals surface area contributed by atoms with Gasteiger partial charge in [0.2, 0.25) is 0 Å². The van der Waals surface area contributed by atoms with Gasteiger partial charge in [-0.3, -0.25) is 4.79 Å². The Morgan fingerprint density at radius 2 is 2.33 bits per heavy atom. The van der Waals surface area contributed by atoms with Crippen molar-refractivity contribution in [2.24, 2.45) is 0 Å². The van der Waals surface area contributed by atoms with E-state index in [1.54, 1.807) is 12.1 Å². The molecular weight excluding hydrogens is 398 g/mol. The standard InChI is InChI=1S/C17H15ClF2N4O2S/c18-17(19,20)14-7-11(13-4-2-6-27-13)22-15-8-12(23-24(14)15)16(25)21-9-10-3-1-5-26-10/h2,4,6-8,10H,1,3,5,9H2,(H,21,25). The summed E-state index contributed by atoms with van der Waals surface area (Å²) in [5.41, 5.74) is -0.0840. The summed E-state index contributed by atoms with van der Waals surface area (Å²) in [7, 11) is 0. The highest BCUT2D eigenvalue weighted by Crippen LogP contribution is 2.35. The summed E-state index contributed by atoms with van der Waals surface area (Å²) in [5.74, 6) is -0.475. The first-order chi connectivity index (χ1) is 12.9. The number of nitrogens with zero attached hydrogens (tertiary/aromatic N) is 3. The van der Waals surface area contributed by atoms with Gasteiger partial charge in [0.15, 0.2) is 11.3 Å². The van der Waals surface area contributed by atoms with Crippen LogP contribution in [-0.4, -0.2) is 39.8 Å². The Kier molecular flexibility index (Phi) is 4.83. The average molecular weight is 413 g/mol. The van der Waals surface area contributed by atoms with Crippen LogP contribution in [0.3, 0.4) is 0 Å². The molecule has 0 aliphatic carbocycles. The fraction of sp³-hybridized carbons (Fsp3) is 0.353. The predicted molar refractivity (Wildman–Crippen MR) is 97.4 cm³/mol. The van der Waals surface area contributed by atoms with Gasteiger partial charge in [0.25, 0.3) is 5.91 Å². The zero-order valence-electron chi connectivity index (χ0n) is 14.0. The van der Waals surface area contributed by atoms with E-state index in [0.29, 0.717) is 23.7 Å². The number of carbonyl (C=O) groups excluding carboxylic acids is 1. The molecule has 1 unspecified atom stereocenters. The summed E-state index contributed by atoms with van der Waals surface area (Å²) in [4.78, 5) is 17.4. The molecule has 27 heavy (non-hydrogen) atoms. The van der Waals surface area contributed by atoms with Crippen molar-refractivity contribution < 1.29 is 18.3 Å². The monoisotopic (exact) mass is 412 g/mol. The van der Waals surface area contributed by atoms with Crippen LogP contribution in [0.4, 0.5) is 8.78 Å². The molecule has 0 spiro atoms. The van der Waals surface area contributed by atoms with Gasteiger partial charge in [-0.05, 0) is 42.0 Å². The van der Waals surface area contributed by atoms with Crippen LogP contribution in [0.15, 0.2) is 29.6 Å². The summed E-state index contributed by atoms with van der Waals surface area (Å²) in [5, 5.41) is 4.86. The number of amides is 1. The molecule has 10 heteroatoms. The fourth-order valence-corrected chi connectivity index (χ4v) is 3.76. The molecule has 4 heterocycles. The lowest BCUT2D eigenvalue weighted by atomic mass is 10.2. The number of carbonyl (C=O) groups is 1. The average Bonchev–Trinajstić information content (AvgIpc) is 3.38. The molecule has 1 fully saturated rings. The fourth-order valence-electron chi connectivity index (χ4n) is 2.94. The normalized spacial score (nSPS) is 17.5. The maximum atomic E-state index is 13.9. The zero-order chi connectivity index (χ0) is 19.0. The van der Waals surface area contributed by atoms with Gasteiger partial charge in [-0.2, -0.15) is 13.9 Å². The molecule has 1 saturated heterocycles. The van der Waals surface area contributed by atoms with Crippen molar-refractivity contribution >= 4 is 34.5 Å². The highest BCUT2D eigenvalue weighted by atomic mass is 35.5. The summed E-state index contributed by atoms with van der Waals surface area (Å²) < 4.78 is 34.2. The molecule has 6 nitrogen and oxygen atoms in total. The minimum Gasteiger partial charge on any atom is -0.376 e. The Labute approximate surface area is 162 Å². The molecule has 1 aliphatic heterocycles. The van der Waals surface area contributed by atoms with Crippen molar-refractivity contribution in [1.29, 1.82) is 0 Å². The third kappa shape index (κ3) is 3.80. The number of hydrogen-bond acceptors (Lipinski definition) is 5. The number of rotatable bonds is 5. The molecule has 1 N–H and O–H groups in total. The minimum absolute atomic E-state index is 0.00834. The van der Waals surface area contributed by atoms with Gasteiger partial charge in [0, 0.05) is 19.2 Å². The number of halogens is 3. The Morgan fingerprint density at radius 3 is 3.00 bits per heavy atom. The summed E-state index contributed by atoms with van der Waals surface area (Å²) >= 11 is 6.64. The summed E-state index contributed by atoms with van der Waals surface area (Å²) in [6.07, 6.45) is 1.80. The van der Waals surface area contributed by atoms with Crippen molar-refractivity contribution in [2.75, 3.05) is 13.2 Å². The van der Waals surface area contributed by atoms with E-state index >= 15 is 0 Å². The van der Waals surface area contributed by atoms with Crippen LogP contribution in [0.25, 0.3) is 16.2 Å². The van der Waals surface area contributed by atoms with E-state index in [9.17, 15) is 13.6 Å². The van der Waals surface area contributed by atoms with Crippen molar-refractivity contribution in [3.05, 3.63) is 41.0 Å². The SMILES string of the molecule is O=C(NCC1CCCO1)c1cc2nc(-c3cccs3)cc(C(F)(F)Cl)n2n1. The van der Waals surface area contributed by atoms with Crippen molar-refractivity contribution in [1.82, 2.24) is 19.9 Å². The molecule has 1 aliphatic rings. The second-order valence-electron chi connectivity index (χ2n) is 6.15. The van der Waals surface area contributed by atoms with E-state index in [-0.39, 0.29) is 17.4 Å². The number of thiophene rings is 1. The van der Waals surface area contributed by atoms with Crippen LogP contribution >= 0.6 is 22.9 Å². The van der Waals surface area contributed by atoms with Crippen LogP contribution in [0.1, 0.15) is 29.0 Å². The lowest BCUT2D eigenvalue weighted by Gasteiger charge is -2.11. The van der Waals surface area contributed by atoms with Gasteiger partial charge in [-0.1, -0.05) is 6.07 Å². The Hall–Kier alpha value is -2.10. The van der Waals surface area contributed by atoms with Gasteiger partial charge in [0.05, 0.1) is 16.7 Å². The maximum Gasteiger partial charge on any atom is 0.364 e. The molecule has 1 atom stereocenters. The quantitative estimate of drug-likeness (QED) is 0.649. The number of fused-ring (bicyclic) bond motifs is 1. The first kappa shape index (κ1) is 18.3. The summed E-state index contributed by atoms with van der Waals surface area (Å²) in [6, 6.07) is 6.12. The predicted octanol–water partition coefficient (Wildman–Crippen LogP) is 3.65. The highest BCUT2D eigenvalue weighted by Gasteiger charge is 2.33. The Morgan fingerprint density at radius 1 is 1.48 bits per heavy atom. The second-order valence-corrected chi connectivity index (χ2v) is 7.57. The molecular formula is C17H15ClF2N4O2S. The van der Waals surface area contributed by atoms with Gasteiger partial charge in [-0.15, -0.1) is 11.3 Å². The van der Waals surface area contributed by atoms with E-state index in [1.807, 2.05) is 5.38 Å². The molecule has 0 saturated carbocycles. The molecule has 3 aromatic rings. The van der Waals surface area contributed by atoms with Crippen molar-refractivity contribution in [3.8, 4) is 10.6 Å². The van der Waals surface area contributed by atoms with Crippen LogP contribution in [-0.2, 0) is 10.1 Å². The first-order valence-electron chi connectivity index (χ1n) is 8.33. The summed E-state index contributed by atoms with van der Waals surface area (Å²) in [6.45, 7) is 1.03. The lowest BCUT2D eigenvalue weighted by Crippen LogP contribution is -2.32. The third-order valence-electron chi connectivity index (χ3n) is 4.24. The van der Waals surface area contributed by atoms with Crippen LogP contribution in [0, 0.1) is 0 Å². The van der Waals surface area contributed by atoms with E-state index in [1.165, 1.54) is 23.5 Å². The smallest absolute Gasteiger partial charge is 0.364 e. The number of ether oxygens (including phenoxy) is 1. The van der Waals surface area contributed by atoms with Gasteiger partial charge in [-0.25, -0.2) is 9.50 Å². The van der Waals surface area contributed by atoms with Gasteiger partial charge < -0.3 is 10.1 Å². The number of alkyl halides is 3. The minimum atomic E-state index is -3.66. The van der Waals surface area contributed by atoms with E-state index in [0.717, 1.165) is 17.4 Å². The Balaban J connectivity index is 1.68. The lowest BCUT2D eigenvalue weighted by molar-refractivity contribution is 0.0841. The van der Waals surface area contributed by atoms with Crippen LogP contribution in [0.2, 0.25) is 0 Å². The number of nitrogens with one attached hydrogen (secondary N) is 1. The molecule has 0 aromatic carbocycles. The molecule has 0 bridgehead atoms. The maximum absolute atomic E-state index is 13.9. The van der Waals surface area contributed by atoms with E-state index < -0.39 is 17.0 Å². The van der Waals surface area contributed by atoms with Crippen LogP contribution < -0.4 is 5.32 Å². The number of aromatic nitrogens is 3.